The lowest BCUT2D eigenvalue weighted by molar-refractivity contribution is -0.289. The van der Waals surface area contributed by atoms with Crippen molar-refractivity contribution in [3.63, 3.8) is 0 Å². The Labute approximate surface area is 105 Å². The molecule has 106 valence electrons. The summed E-state index contributed by atoms with van der Waals surface area (Å²) in [4.78, 5) is 0. The SMILES string of the molecule is CCO.OCC(F)OC(OCCCS)C(O)O. The Morgan fingerprint density at radius 3 is 2.18 bits per heavy atom. The molecule has 0 radical (unpaired) electrons. The van der Waals surface area contributed by atoms with Gasteiger partial charge in [0.25, 0.3) is 0 Å². The number of hydrogen-bond donors (Lipinski definition) is 5. The Morgan fingerprint density at radius 1 is 1.29 bits per heavy atom. The summed E-state index contributed by atoms with van der Waals surface area (Å²) >= 11 is 3.90. The first-order valence-corrected chi connectivity index (χ1v) is 5.76. The van der Waals surface area contributed by atoms with E-state index in [1.807, 2.05) is 0 Å². The summed E-state index contributed by atoms with van der Waals surface area (Å²) in [5.74, 6) is 0.563. The molecule has 8 heteroatoms. The second kappa shape index (κ2) is 14.1. The standard InChI is InChI=1S/C7H15FO5S.C2H6O/c8-5(4-9)13-7(6(10)11)12-2-1-3-14;1-2-3/h5-7,9-11,14H,1-4H2;3H,2H2,1H3. The van der Waals surface area contributed by atoms with Crippen molar-refractivity contribution in [2.24, 2.45) is 0 Å². The van der Waals surface area contributed by atoms with Gasteiger partial charge in [0.1, 0.15) is 0 Å². The molecule has 0 spiro atoms. The molecular weight excluding hydrogens is 255 g/mol. The molecule has 0 rings (SSSR count). The first-order valence-electron chi connectivity index (χ1n) is 5.13. The van der Waals surface area contributed by atoms with Gasteiger partial charge in [-0.2, -0.15) is 12.6 Å². The Kier molecular flexibility index (Phi) is 16.1. The maximum Gasteiger partial charge on any atom is 0.224 e. The normalized spacial score (nSPS) is 14.1. The summed E-state index contributed by atoms with van der Waals surface area (Å²) < 4.78 is 21.6. The number of ether oxygens (including phenoxy) is 2. The van der Waals surface area contributed by atoms with Crippen LogP contribution in [0.1, 0.15) is 13.3 Å². The smallest absolute Gasteiger partial charge is 0.224 e. The molecule has 17 heavy (non-hydrogen) atoms. The fourth-order valence-corrected chi connectivity index (χ4v) is 0.777. The predicted octanol–water partition coefficient (Wildman–Crippen LogP) is -0.737. The van der Waals surface area contributed by atoms with Crippen molar-refractivity contribution in [1.29, 1.82) is 0 Å². The van der Waals surface area contributed by atoms with Gasteiger partial charge in [0, 0.05) is 6.61 Å². The average Bonchev–Trinajstić information content (AvgIpc) is 2.28. The van der Waals surface area contributed by atoms with Crippen LogP contribution in [-0.4, -0.2) is 64.9 Å². The number of thiol groups is 1. The van der Waals surface area contributed by atoms with Gasteiger partial charge in [-0.3, -0.25) is 0 Å². The highest BCUT2D eigenvalue weighted by Gasteiger charge is 2.22. The summed E-state index contributed by atoms with van der Waals surface area (Å²) in [6.45, 7) is 1.24. The van der Waals surface area contributed by atoms with E-state index in [1.54, 1.807) is 6.92 Å². The molecular formula is C9H21FO6S. The number of alkyl halides is 1. The van der Waals surface area contributed by atoms with Gasteiger partial charge in [-0.1, -0.05) is 0 Å². The number of aliphatic hydroxyl groups is 4. The maximum absolute atomic E-state index is 12.5. The van der Waals surface area contributed by atoms with E-state index < -0.39 is 25.5 Å². The molecule has 0 bridgehead atoms. The van der Waals surface area contributed by atoms with Crippen molar-refractivity contribution >= 4 is 12.6 Å². The first-order chi connectivity index (χ1) is 8.03. The van der Waals surface area contributed by atoms with E-state index in [9.17, 15) is 4.39 Å². The second-order valence-electron chi connectivity index (χ2n) is 2.77. The molecule has 6 nitrogen and oxygen atoms in total. The lowest BCUT2D eigenvalue weighted by atomic mass is 10.5. The first kappa shape index (κ1) is 19.4. The predicted molar refractivity (Wildman–Crippen MR) is 62.3 cm³/mol. The van der Waals surface area contributed by atoms with Gasteiger partial charge in [-0.05, 0) is 19.1 Å². The van der Waals surface area contributed by atoms with Crippen molar-refractivity contribution in [2.75, 3.05) is 25.6 Å². The maximum atomic E-state index is 12.5. The van der Waals surface area contributed by atoms with Gasteiger partial charge in [0.05, 0.1) is 13.2 Å². The Bertz CT molecular complexity index is 151. The zero-order valence-corrected chi connectivity index (χ0v) is 10.6. The third-order valence-electron chi connectivity index (χ3n) is 1.25. The molecule has 0 saturated carbocycles. The second-order valence-corrected chi connectivity index (χ2v) is 3.22. The van der Waals surface area contributed by atoms with E-state index in [0.29, 0.717) is 12.2 Å². The van der Waals surface area contributed by atoms with Crippen LogP contribution >= 0.6 is 12.6 Å². The van der Waals surface area contributed by atoms with Crippen LogP contribution in [0.15, 0.2) is 0 Å². The lowest BCUT2D eigenvalue weighted by Crippen LogP contribution is -2.35. The fraction of sp³-hybridized carbons (Fsp3) is 1.00. The van der Waals surface area contributed by atoms with Crippen molar-refractivity contribution in [3.8, 4) is 0 Å². The number of aliphatic hydroxyl groups excluding tert-OH is 3. The van der Waals surface area contributed by atoms with Gasteiger partial charge in [0.15, 0.2) is 0 Å². The van der Waals surface area contributed by atoms with Crippen LogP contribution in [0.5, 0.6) is 0 Å². The highest BCUT2D eigenvalue weighted by atomic mass is 32.1. The molecule has 0 aromatic heterocycles. The van der Waals surface area contributed by atoms with Crippen LogP contribution in [0.4, 0.5) is 4.39 Å². The van der Waals surface area contributed by atoms with Crippen LogP contribution in [0.3, 0.4) is 0 Å². The van der Waals surface area contributed by atoms with E-state index in [0.717, 1.165) is 0 Å². The molecule has 0 heterocycles. The summed E-state index contributed by atoms with van der Waals surface area (Å²) in [6, 6.07) is 0. The van der Waals surface area contributed by atoms with E-state index in [-0.39, 0.29) is 13.2 Å². The average molecular weight is 276 g/mol. The molecule has 2 atom stereocenters. The molecule has 4 N–H and O–H groups in total. The minimum atomic E-state index is -1.99. The van der Waals surface area contributed by atoms with E-state index >= 15 is 0 Å². The minimum Gasteiger partial charge on any atom is -0.397 e. The lowest BCUT2D eigenvalue weighted by Gasteiger charge is -2.21. The van der Waals surface area contributed by atoms with Crippen LogP contribution in [0.25, 0.3) is 0 Å². The number of hydrogen-bond acceptors (Lipinski definition) is 7. The summed E-state index contributed by atoms with van der Waals surface area (Å²) in [6.07, 6.45) is -4.85. The van der Waals surface area contributed by atoms with Crippen LogP contribution < -0.4 is 0 Å². The van der Waals surface area contributed by atoms with Crippen molar-refractivity contribution in [2.45, 2.75) is 32.3 Å². The van der Waals surface area contributed by atoms with Crippen LogP contribution in [0, 0.1) is 0 Å². The molecule has 0 aliphatic carbocycles. The van der Waals surface area contributed by atoms with Gasteiger partial charge >= 0.3 is 0 Å². The highest BCUT2D eigenvalue weighted by Crippen LogP contribution is 2.06. The highest BCUT2D eigenvalue weighted by molar-refractivity contribution is 7.80. The van der Waals surface area contributed by atoms with E-state index in [2.05, 4.69) is 17.4 Å². The quantitative estimate of drug-likeness (QED) is 0.228. The fourth-order valence-electron chi connectivity index (χ4n) is 0.648. The Balaban J connectivity index is 0. The van der Waals surface area contributed by atoms with Crippen molar-refractivity contribution in [1.82, 2.24) is 0 Å². The number of rotatable bonds is 8. The largest absolute Gasteiger partial charge is 0.397 e. The molecule has 0 aromatic carbocycles. The van der Waals surface area contributed by atoms with Crippen LogP contribution in [0.2, 0.25) is 0 Å². The molecule has 0 amide bonds. The van der Waals surface area contributed by atoms with E-state index in [1.165, 1.54) is 0 Å². The molecule has 0 aliphatic rings. The third kappa shape index (κ3) is 14.0. The summed E-state index contributed by atoms with van der Waals surface area (Å²) in [7, 11) is 0. The minimum absolute atomic E-state index is 0.171. The van der Waals surface area contributed by atoms with E-state index in [4.69, 9.17) is 25.2 Å². The van der Waals surface area contributed by atoms with Gasteiger partial charge in [0.2, 0.25) is 18.9 Å². The zero-order valence-electron chi connectivity index (χ0n) is 9.70. The summed E-state index contributed by atoms with van der Waals surface area (Å²) in [5.41, 5.74) is 0. The zero-order chi connectivity index (χ0) is 13.7. The Morgan fingerprint density at radius 2 is 1.82 bits per heavy atom. The monoisotopic (exact) mass is 276 g/mol. The van der Waals surface area contributed by atoms with Gasteiger partial charge in [-0.25, -0.2) is 4.39 Å². The summed E-state index contributed by atoms with van der Waals surface area (Å²) in [5, 5.41) is 33.3. The topological polar surface area (TPSA) is 99.4 Å². The number of halogens is 1. The van der Waals surface area contributed by atoms with Crippen molar-refractivity contribution < 1.29 is 34.3 Å². The third-order valence-corrected chi connectivity index (χ3v) is 1.57. The Hall–Kier alpha value is 0.0400. The molecule has 0 aromatic rings. The molecule has 0 fully saturated rings. The van der Waals surface area contributed by atoms with Gasteiger partial charge in [-0.15, -0.1) is 0 Å². The molecule has 0 saturated heterocycles. The van der Waals surface area contributed by atoms with Crippen LogP contribution in [-0.2, 0) is 9.47 Å². The van der Waals surface area contributed by atoms with Gasteiger partial charge < -0.3 is 29.9 Å². The molecule has 0 aliphatic heterocycles. The molecule has 2 unspecified atom stereocenters. The van der Waals surface area contributed by atoms with Crippen molar-refractivity contribution in [3.05, 3.63) is 0 Å².